The van der Waals surface area contributed by atoms with Crippen molar-refractivity contribution >= 4 is 38.0 Å². The molecule has 0 heterocycles. The molecule has 0 aromatic heterocycles. The van der Waals surface area contributed by atoms with Crippen molar-refractivity contribution in [1.82, 2.24) is 5.32 Å². The average molecular weight is 617 g/mol. The van der Waals surface area contributed by atoms with Gasteiger partial charge in [0.15, 0.2) is 0 Å². The normalized spacial score (nSPS) is 12.4. The van der Waals surface area contributed by atoms with E-state index in [1.54, 1.807) is 0 Å². The SMILES string of the molecule is NC(/C=C(\NCc1c2ccccc2cc2c1ccc1ccccc12)c1cccc(-c2ccc(-c3ccccc3)cc2)c1)c1ccccc1. The number of nitrogens with one attached hydrogen (secondary N) is 1. The van der Waals surface area contributed by atoms with Crippen molar-refractivity contribution < 1.29 is 0 Å². The second-order valence-corrected chi connectivity index (χ2v) is 12.4. The van der Waals surface area contributed by atoms with Gasteiger partial charge in [0.1, 0.15) is 0 Å². The van der Waals surface area contributed by atoms with Crippen LogP contribution in [0.3, 0.4) is 0 Å². The van der Waals surface area contributed by atoms with Crippen LogP contribution in [0.1, 0.15) is 22.7 Å². The van der Waals surface area contributed by atoms with Crippen molar-refractivity contribution in [2.24, 2.45) is 5.73 Å². The highest BCUT2D eigenvalue weighted by molar-refractivity contribution is 6.14. The zero-order valence-electron chi connectivity index (χ0n) is 26.7. The van der Waals surface area contributed by atoms with Gasteiger partial charge in [-0.2, -0.15) is 0 Å². The van der Waals surface area contributed by atoms with Crippen LogP contribution in [0.2, 0.25) is 0 Å². The van der Waals surface area contributed by atoms with Gasteiger partial charge in [-0.1, -0.05) is 164 Å². The van der Waals surface area contributed by atoms with E-state index in [0.29, 0.717) is 6.54 Å². The lowest BCUT2D eigenvalue weighted by molar-refractivity contribution is 0.865. The monoisotopic (exact) mass is 616 g/mol. The zero-order chi connectivity index (χ0) is 32.3. The van der Waals surface area contributed by atoms with Gasteiger partial charge in [-0.3, -0.25) is 0 Å². The van der Waals surface area contributed by atoms with E-state index in [1.165, 1.54) is 54.6 Å². The van der Waals surface area contributed by atoms with Crippen LogP contribution in [0.15, 0.2) is 182 Å². The molecule has 0 fully saturated rings. The van der Waals surface area contributed by atoms with E-state index in [-0.39, 0.29) is 6.04 Å². The third kappa shape index (κ3) is 5.86. The van der Waals surface area contributed by atoms with Crippen LogP contribution in [0.4, 0.5) is 0 Å². The van der Waals surface area contributed by atoms with E-state index in [1.807, 2.05) is 18.2 Å². The molecule has 230 valence electrons. The maximum absolute atomic E-state index is 6.85. The standard InChI is InChI=1S/C46H36N2/c47-45(36-15-5-2-6-16-36)30-46(39-19-11-18-37(28-39)34-24-22-33(23-25-34)32-12-3-1-4-13-32)48-31-44-41-21-10-8-17-38(41)29-43-40-20-9-7-14-35(40)26-27-42(43)44/h1-30,45,48H,31,47H2/b46-30-. The van der Waals surface area contributed by atoms with Crippen LogP contribution in [-0.2, 0) is 6.54 Å². The Morgan fingerprint density at radius 3 is 1.85 bits per heavy atom. The first kappa shape index (κ1) is 29.4. The first-order valence-electron chi connectivity index (χ1n) is 16.6. The minimum absolute atomic E-state index is 0.268. The van der Waals surface area contributed by atoms with Gasteiger partial charge in [0.25, 0.3) is 0 Å². The lowest BCUT2D eigenvalue weighted by Gasteiger charge is -2.19. The van der Waals surface area contributed by atoms with Crippen LogP contribution >= 0.6 is 0 Å². The molecule has 0 aliphatic rings. The van der Waals surface area contributed by atoms with Crippen molar-refractivity contribution in [1.29, 1.82) is 0 Å². The van der Waals surface area contributed by atoms with E-state index in [2.05, 4.69) is 169 Å². The Kier molecular flexibility index (Phi) is 8.00. The Morgan fingerprint density at radius 1 is 0.479 bits per heavy atom. The second-order valence-electron chi connectivity index (χ2n) is 12.4. The lowest BCUT2D eigenvalue weighted by atomic mass is 9.93. The quantitative estimate of drug-likeness (QED) is 0.132. The van der Waals surface area contributed by atoms with Gasteiger partial charge in [0.2, 0.25) is 0 Å². The highest BCUT2D eigenvalue weighted by atomic mass is 14.9. The van der Waals surface area contributed by atoms with Gasteiger partial charge >= 0.3 is 0 Å². The Bertz CT molecular complexity index is 2390. The molecule has 0 saturated carbocycles. The molecule has 0 amide bonds. The smallest absolute Gasteiger partial charge is 0.0504 e. The minimum Gasteiger partial charge on any atom is -0.381 e. The highest BCUT2D eigenvalue weighted by Crippen LogP contribution is 2.34. The predicted molar refractivity (Wildman–Crippen MR) is 204 cm³/mol. The first-order valence-corrected chi connectivity index (χ1v) is 16.6. The molecular formula is C46H36N2. The number of benzene rings is 8. The van der Waals surface area contributed by atoms with Crippen molar-refractivity contribution in [2.75, 3.05) is 0 Å². The molecule has 0 aliphatic heterocycles. The summed E-state index contributed by atoms with van der Waals surface area (Å²) in [4.78, 5) is 0. The van der Waals surface area contributed by atoms with E-state index in [4.69, 9.17) is 5.73 Å². The molecular weight excluding hydrogens is 581 g/mol. The summed E-state index contributed by atoms with van der Waals surface area (Å²) >= 11 is 0. The molecule has 8 aromatic rings. The first-order chi connectivity index (χ1) is 23.7. The van der Waals surface area contributed by atoms with E-state index in [0.717, 1.165) is 22.4 Å². The Hall–Kier alpha value is -5.96. The molecule has 0 saturated heterocycles. The third-order valence-electron chi connectivity index (χ3n) is 9.37. The summed E-state index contributed by atoms with van der Waals surface area (Å²) in [6, 6.07) is 62.3. The van der Waals surface area contributed by atoms with E-state index >= 15 is 0 Å². The van der Waals surface area contributed by atoms with Crippen LogP contribution in [0.25, 0.3) is 60.3 Å². The molecule has 1 unspecified atom stereocenters. The van der Waals surface area contributed by atoms with Crippen molar-refractivity contribution in [3.63, 3.8) is 0 Å². The summed E-state index contributed by atoms with van der Waals surface area (Å²) < 4.78 is 0. The largest absolute Gasteiger partial charge is 0.381 e. The molecule has 2 heteroatoms. The molecule has 8 aromatic carbocycles. The van der Waals surface area contributed by atoms with Crippen molar-refractivity contribution in [3.05, 3.63) is 199 Å². The molecule has 0 radical (unpaired) electrons. The fourth-order valence-electron chi connectivity index (χ4n) is 6.85. The third-order valence-corrected chi connectivity index (χ3v) is 9.37. The summed E-state index contributed by atoms with van der Waals surface area (Å²) in [6.07, 6.45) is 2.16. The van der Waals surface area contributed by atoms with Gasteiger partial charge in [0, 0.05) is 12.2 Å². The molecule has 48 heavy (non-hydrogen) atoms. The number of hydrogen-bond donors (Lipinski definition) is 2. The highest BCUT2D eigenvalue weighted by Gasteiger charge is 2.13. The van der Waals surface area contributed by atoms with Gasteiger partial charge in [-0.15, -0.1) is 0 Å². The summed E-state index contributed by atoms with van der Waals surface area (Å²) in [6.45, 7) is 0.652. The Labute approximate surface area is 281 Å². The van der Waals surface area contributed by atoms with Crippen LogP contribution < -0.4 is 11.1 Å². The summed E-state index contributed by atoms with van der Waals surface area (Å²) in [5, 5.41) is 11.4. The maximum Gasteiger partial charge on any atom is 0.0504 e. The summed E-state index contributed by atoms with van der Waals surface area (Å²) in [5.74, 6) is 0. The fraction of sp³-hybridized carbons (Fsp3) is 0.0435. The van der Waals surface area contributed by atoms with Crippen molar-refractivity contribution in [3.8, 4) is 22.3 Å². The zero-order valence-corrected chi connectivity index (χ0v) is 26.7. The maximum atomic E-state index is 6.85. The molecule has 1 atom stereocenters. The number of rotatable bonds is 8. The van der Waals surface area contributed by atoms with Gasteiger partial charge in [-0.05, 0) is 89.5 Å². The van der Waals surface area contributed by atoms with Gasteiger partial charge in [-0.25, -0.2) is 0 Å². The molecule has 0 aliphatic carbocycles. The topological polar surface area (TPSA) is 38.0 Å². The lowest BCUT2D eigenvalue weighted by Crippen LogP contribution is -2.16. The Balaban J connectivity index is 1.19. The molecule has 0 spiro atoms. The average Bonchev–Trinajstić information content (AvgIpc) is 3.16. The number of fused-ring (bicyclic) bond motifs is 4. The van der Waals surface area contributed by atoms with Crippen molar-refractivity contribution in [2.45, 2.75) is 12.6 Å². The van der Waals surface area contributed by atoms with Crippen LogP contribution in [0.5, 0.6) is 0 Å². The predicted octanol–water partition coefficient (Wildman–Crippen LogP) is 11.3. The van der Waals surface area contributed by atoms with Crippen LogP contribution in [0, 0.1) is 0 Å². The minimum atomic E-state index is -0.268. The van der Waals surface area contributed by atoms with Crippen LogP contribution in [-0.4, -0.2) is 0 Å². The summed E-state index contributed by atoms with van der Waals surface area (Å²) in [7, 11) is 0. The number of hydrogen-bond acceptors (Lipinski definition) is 2. The number of nitrogens with two attached hydrogens (primary N) is 1. The molecule has 8 rings (SSSR count). The van der Waals surface area contributed by atoms with E-state index < -0.39 is 0 Å². The second kappa shape index (κ2) is 13.0. The Morgan fingerprint density at radius 2 is 1.08 bits per heavy atom. The fourth-order valence-corrected chi connectivity index (χ4v) is 6.85. The molecule has 2 nitrogen and oxygen atoms in total. The molecule has 0 bridgehead atoms. The summed E-state index contributed by atoms with van der Waals surface area (Å²) in [5.41, 5.74) is 16.1. The van der Waals surface area contributed by atoms with E-state index in [9.17, 15) is 0 Å². The van der Waals surface area contributed by atoms with Gasteiger partial charge < -0.3 is 11.1 Å². The van der Waals surface area contributed by atoms with Gasteiger partial charge in [0.05, 0.1) is 6.04 Å². The molecule has 3 N–H and O–H groups in total.